The summed E-state index contributed by atoms with van der Waals surface area (Å²) in [4.78, 5) is 2.33. The monoisotopic (exact) mass is 199 g/mol. The van der Waals surface area contributed by atoms with E-state index in [-0.39, 0.29) is 0 Å². The topological polar surface area (TPSA) is 62.9 Å². The third kappa shape index (κ3) is 1.36. The van der Waals surface area contributed by atoms with Gasteiger partial charge in [-0.05, 0) is 18.8 Å². The van der Waals surface area contributed by atoms with Crippen LogP contribution in [0.25, 0.3) is 0 Å². The maximum absolute atomic E-state index is 5.67. The van der Waals surface area contributed by atoms with Gasteiger partial charge in [0, 0.05) is 13.1 Å². The van der Waals surface area contributed by atoms with Crippen LogP contribution in [-0.4, -0.2) is 39.3 Å². The number of nitrogens with zero attached hydrogens (tertiary/aromatic N) is 3. The van der Waals surface area contributed by atoms with Crippen LogP contribution in [0, 0.1) is 4.77 Å². The fourth-order valence-corrected chi connectivity index (χ4v) is 1.92. The van der Waals surface area contributed by atoms with E-state index in [2.05, 4.69) is 22.0 Å². The van der Waals surface area contributed by atoms with Gasteiger partial charge < -0.3 is 5.73 Å². The number of hydrogen-bond donors (Lipinski definition) is 2. The van der Waals surface area contributed by atoms with E-state index in [9.17, 15) is 0 Å². The van der Waals surface area contributed by atoms with E-state index >= 15 is 0 Å². The normalized spacial score (nSPS) is 18.8. The lowest BCUT2D eigenvalue weighted by atomic mass is 10.1. The Morgan fingerprint density at radius 1 is 1.69 bits per heavy atom. The summed E-state index contributed by atoms with van der Waals surface area (Å²) in [6.45, 7) is 5.28. The number of hydrogen-bond acceptors (Lipinski definition) is 4. The summed E-state index contributed by atoms with van der Waals surface area (Å²) in [5.74, 6) is 0.491. The van der Waals surface area contributed by atoms with Crippen molar-refractivity contribution in [3.05, 3.63) is 4.77 Å². The van der Waals surface area contributed by atoms with Crippen molar-refractivity contribution in [1.29, 1.82) is 0 Å². The number of nitrogen functional groups attached to an aromatic ring is 1. The zero-order valence-corrected chi connectivity index (χ0v) is 8.34. The van der Waals surface area contributed by atoms with E-state index in [4.69, 9.17) is 18.0 Å². The fraction of sp³-hybridized carbons (Fsp3) is 0.714. The van der Waals surface area contributed by atoms with Crippen LogP contribution in [-0.2, 0) is 0 Å². The van der Waals surface area contributed by atoms with Crippen LogP contribution in [0.2, 0.25) is 0 Å². The zero-order chi connectivity index (χ0) is 9.42. The summed E-state index contributed by atoms with van der Waals surface area (Å²) in [6.07, 6.45) is 0. The van der Waals surface area contributed by atoms with Crippen LogP contribution in [0.1, 0.15) is 13.0 Å². The molecule has 1 aliphatic rings. The highest BCUT2D eigenvalue weighted by Crippen LogP contribution is 2.22. The number of likely N-dealkylation sites (N-methyl/N-ethyl adjacent to an activating group) is 1. The number of aromatic nitrogens is 3. The molecule has 5 nitrogen and oxygen atoms in total. The summed E-state index contributed by atoms with van der Waals surface area (Å²) >= 11 is 5.07. The van der Waals surface area contributed by atoms with E-state index < -0.39 is 0 Å². The first-order valence-electron chi connectivity index (χ1n) is 4.37. The molecule has 0 aromatic carbocycles. The molecule has 0 aliphatic carbocycles. The molecule has 6 heteroatoms. The van der Waals surface area contributed by atoms with Gasteiger partial charge in [-0.1, -0.05) is 6.92 Å². The van der Waals surface area contributed by atoms with Gasteiger partial charge in [0.1, 0.15) is 0 Å². The Morgan fingerprint density at radius 2 is 2.38 bits per heavy atom. The van der Waals surface area contributed by atoms with Gasteiger partial charge in [0.05, 0.1) is 6.04 Å². The van der Waals surface area contributed by atoms with Gasteiger partial charge in [0.25, 0.3) is 0 Å². The maximum atomic E-state index is 5.67. The number of nitrogens with one attached hydrogen (secondary N) is 1. The van der Waals surface area contributed by atoms with E-state index in [1.54, 1.807) is 0 Å². The molecule has 0 saturated carbocycles. The van der Waals surface area contributed by atoms with Crippen molar-refractivity contribution in [2.24, 2.45) is 0 Å². The molecule has 2 heterocycles. The van der Waals surface area contributed by atoms with E-state index in [1.165, 1.54) is 0 Å². The van der Waals surface area contributed by atoms with Gasteiger partial charge in [0.2, 0.25) is 5.95 Å². The second-order valence-electron chi connectivity index (χ2n) is 3.26. The number of aromatic amines is 1. The Bertz CT molecular complexity index is 348. The standard InChI is InChI=1S/C7H13N5S/c1-2-11-3-5(4-11)12-6(8)9-10-7(12)13/h5H,2-4H2,1H3,(H2,8,9)(H,10,13). The van der Waals surface area contributed by atoms with Gasteiger partial charge >= 0.3 is 0 Å². The highest BCUT2D eigenvalue weighted by molar-refractivity contribution is 7.71. The molecule has 0 atom stereocenters. The Labute approximate surface area is 81.5 Å². The molecule has 0 unspecified atom stereocenters. The molecule has 1 aliphatic heterocycles. The third-order valence-corrected chi connectivity index (χ3v) is 2.77. The van der Waals surface area contributed by atoms with E-state index in [0.717, 1.165) is 19.6 Å². The molecule has 0 bridgehead atoms. The van der Waals surface area contributed by atoms with Crippen molar-refractivity contribution in [3.63, 3.8) is 0 Å². The molecular weight excluding hydrogens is 186 g/mol. The predicted octanol–water partition coefficient (Wildman–Crippen LogP) is 0.399. The van der Waals surface area contributed by atoms with Crippen molar-refractivity contribution >= 4 is 18.2 Å². The number of H-pyrrole nitrogens is 1. The molecule has 1 aromatic heterocycles. The zero-order valence-electron chi connectivity index (χ0n) is 7.53. The smallest absolute Gasteiger partial charge is 0.220 e. The van der Waals surface area contributed by atoms with Crippen molar-refractivity contribution < 1.29 is 0 Å². The molecule has 1 fully saturated rings. The highest BCUT2D eigenvalue weighted by Gasteiger charge is 2.28. The van der Waals surface area contributed by atoms with Crippen LogP contribution < -0.4 is 5.73 Å². The number of rotatable bonds is 2. The van der Waals surface area contributed by atoms with Gasteiger partial charge in [-0.15, -0.1) is 5.10 Å². The highest BCUT2D eigenvalue weighted by atomic mass is 32.1. The molecule has 0 radical (unpaired) electrons. The number of nitrogens with two attached hydrogens (primary N) is 1. The minimum absolute atomic E-state index is 0.409. The number of anilines is 1. The summed E-state index contributed by atoms with van der Waals surface area (Å²) < 4.78 is 2.51. The van der Waals surface area contributed by atoms with Crippen molar-refractivity contribution in [3.8, 4) is 0 Å². The average molecular weight is 199 g/mol. The summed E-state index contributed by atoms with van der Waals surface area (Å²) in [5.41, 5.74) is 5.67. The van der Waals surface area contributed by atoms with Gasteiger partial charge in [-0.3, -0.25) is 9.47 Å². The average Bonchev–Trinajstić information content (AvgIpc) is 2.33. The second kappa shape index (κ2) is 3.12. The quantitative estimate of drug-likeness (QED) is 0.677. The molecule has 13 heavy (non-hydrogen) atoms. The van der Waals surface area contributed by atoms with Crippen LogP contribution in [0.5, 0.6) is 0 Å². The summed E-state index contributed by atoms with van der Waals surface area (Å²) in [6, 6.07) is 0.409. The van der Waals surface area contributed by atoms with E-state index in [0.29, 0.717) is 16.8 Å². The molecular formula is C7H13N5S. The van der Waals surface area contributed by atoms with Crippen LogP contribution >= 0.6 is 12.2 Å². The largest absolute Gasteiger partial charge is 0.368 e. The Morgan fingerprint density at radius 3 is 2.85 bits per heavy atom. The minimum atomic E-state index is 0.409. The lowest BCUT2D eigenvalue weighted by Gasteiger charge is -2.39. The molecule has 72 valence electrons. The van der Waals surface area contributed by atoms with Gasteiger partial charge in [0.15, 0.2) is 4.77 Å². The molecule has 0 amide bonds. The first-order valence-corrected chi connectivity index (χ1v) is 4.78. The molecule has 3 N–H and O–H groups in total. The molecule has 1 aromatic rings. The first-order chi connectivity index (χ1) is 6.22. The first kappa shape index (κ1) is 8.71. The van der Waals surface area contributed by atoms with Crippen LogP contribution in [0.4, 0.5) is 5.95 Å². The minimum Gasteiger partial charge on any atom is -0.368 e. The predicted molar refractivity (Wildman–Crippen MR) is 53.0 cm³/mol. The molecule has 0 spiro atoms. The Kier molecular flexibility index (Phi) is 2.09. The van der Waals surface area contributed by atoms with Crippen molar-refractivity contribution in [2.75, 3.05) is 25.4 Å². The number of likely N-dealkylation sites (tertiary alicyclic amines) is 1. The fourth-order valence-electron chi connectivity index (χ4n) is 1.63. The molecule has 2 rings (SSSR count). The Balaban J connectivity index is 2.15. The van der Waals surface area contributed by atoms with E-state index in [1.807, 2.05) is 4.57 Å². The summed E-state index contributed by atoms with van der Waals surface area (Å²) in [7, 11) is 0. The SMILES string of the molecule is CCN1CC(n2c(N)n[nH]c2=S)C1. The van der Waals surface area contributed by atoms with Crippen LogP contribution in [0.3, 0.4) is 0 Å². The van der Waals surface area contributed by atoms with Gasteiger partial charge in [-0.25, -0.2) is 5.10 Å². The third-order valence-electron chi connectivity index (χ3n) is 2.48. The lowest BCUT2D eigenvalue weighted by Crippen LogP contribution is -2.47. The van der Waals surface area contributed by atoms with Gasteiger partial charge in [-0.2, -0.15) is 0 Å². The lowest BCUT2D eigenvalue weighted by molar-refractivity contribution is 0.114. The molecule has 1 saturated heterocycles. The summed E-state index contributed by atoms with van der Waals surface area (Å²) in [5, 5.41) is 6.57. The maximum Gasteiger partial charge on any atom is 0.220 e. The Hall–Kier alpha value is -0.880. The van der Waals surface area contributed by atoms with Crippen molar-refractivity contribution in [2.45, 2.75) is 13.0 Å². The second-order valence-corrected chi connectivity index (χ2v) is 3.65. The van der Waals surface area contributed by atoms with Crippen molar-refractivity contribution in [1.82, 2.24) is 19.7 Å². The van der Waals surface area contributed by atoms with Crippen LogP contribution in [0.15, 0.2) is 0 Å².